The minimum atomic E-state index is -1.04. The maximum Gasteiger partial charge on any atom is 0.326 e. The second-order valence-corrected chi connectivity index (χ2v) is 3.44. The Morgan fingerprint density at radius 2 is 2.33 bits per heavy atom. The van der Waals surface area contributed by atoms with E-state index < -0.39 is 12.0 Å². The van der Waals surface area contributed by atoms with E-state index in [0.717, 1.165) is 5.69 Å². The van der Waals surface area contributed by atoms with Crippen LogP contribution in [0.4, 0.5) is 0 Å². The van der Waals surface area contributed by atoms with Crippen molar-refractivity contribution in [2.24, 2.45) is 12.8 Å². The zero-order chi connectivity index (χ0) is 11.2. The first-order valence-corrected chi connectivity index (χ1v) is 4.50. The summed E-state index contributed by atoms with van der Waals surface area (Å²) < 4.78 is 3.52. The summed E-state index contributed by atoms with van der Waals surface area (Å²) in [6.45, 7) is 1.83. The second-order valence-electron chi connectivity index (χ2n) is 3.44. The molecule has 0 radical (unpaired) electrons. The Morgan fingerprint density at radius 1 is 1.67 bits per heavy atom. The number of aliphatic carboxylic acids is 1. The van der Waals surface area contributed by atoms with E-state index in [2.05, 4.69) is 4.98 Å². The molecule has 0 saturated heterocycles. The quantitative estimate of drug-likeness (QED) is 0.731. The van der Waals surface area contributed by atoms with E-state index in [1.807, 2.05) is 11.3 Å². The Kier molecular flexibility index (Phi) is 2.01. The van der Waals surface area contributed by atoms with Crippen LogP contribution in [0.2, 0.25) is 0 Å². The molecule has 2 aromatic heterocycles. The van der Waals surface area contributed by atoms with Gasteiger partial charge in [-0.25, -0.2) is 4.98 Å². The fourth-order valence-corrected chi connectivity index (χ4v) is 1.83. The summed E-state index contributed by atoms with van der Waals surface area (Å²) in [6, 6.07) is -1.02. The van der Waals surface area contributed by atoms with Crippen LogP contribution in [0.15, 0.2) is 12.4 Å². The molecule has 1 atom stereocenters. The number of hydrogen-bond donors (Lipinski definition) is 2. The smallest absolute Gasteiger partial charge is 0.326 e. The number of hydrogen-bond acceptors (Lipinski definition) is 3. The highest BCUT2D eigenvalue weighted by molar-refractivity contribution is 5.75. The van der Waals surface area contributed by atoms with Crippen molar-refractivity contribution in [3.05, 3.63) is 23.8 Å². The van der Waals surface area contributed by atoms with Gasteiger partial charge in [-0.15, -0.1) is 0 Å². The van der Waals surface area contributed by atoms with Crippen LogP contribution in [0.25, 0.3) is 5.78 Å². The molecule has 2 rings (SSSR count). The van der Waals surface area contributed by atoms with Crippen molar-refractivity contribution in [2.45, 2.75) is 13.0 Å². The van der Waals surface area contributed by atoms with Crippen molar-refractivity contribution in [2.75, 3.05) is 0 Å². The van der Waals surface area contributed by atoms with Gasteiger partial charge in [0, 0.05) is 25.1 Å². The van der Waals surface area contributed by atoms with Crippen LogP contribution >= 0.6 is 0 Å². The molecule has 0 saturated carbocycles. The van der Waals surface area contributed by atoms with Crippen molar-refractivity contribution < 1.29 is 9.90 Å². The lowest BCUT2D eigenvalue weighted by Gasteiger charge is -2.08. The molecule has 0 aromatic carbocycles. The molecule has 80 valence electrons. The van der Waals surface area contributed by atoms with Crippen molar-refractivity contribution in [3.8, 4) is 0 Å². The number of carboxylic acids is 1. The maximum atomic E-state index is 10.8. The molecule has 2 aromatic rings. The molecule has 3 N–H and O–H groups in total. The third-order valence-corrected chi connectivity index (χ3v) is 2.58. The standard InChI is InChI=1S/C9H12N4O2/c1-5-7(6(10)8(14)15)12(2)9-11-3-4-13(5)9/h3-4,6H,10H2,1-2H3,(H,14,15). The second kappa shape index (κ2) is 3.09. The summed E-state index contributed by atoms with van der Waals surface area (Å²) in [5.41, 5.74) is 6.98. The highest BCUT2D eigenvalue weighted by Gasteiger charge is 2.23. The van der Waals surface area contributed by atoms with Crippen LogP contribution in [-0.4, -0.2) is 25.0 Å². The zero-order valence-electron chi connectivity index (χ0n) is 8.51. The van der Waals surface area contributed by atoms with E-state index >= 15 is 0 Å². The van der Waals surface area contributed by atoms with Gasteiger partial charge in [-0.3, -0.25) is 9.20 Å². The van der Waals surface area contributed by atoms with Crippen LogP contribution in [0, 0.1) is 6.92 Å². The van der Waals surface area contributed by atoms with E-state index in [9.17, 15) is 4.79 Å². The average Bonchev–Trinajstić information content (AvgIpc) is 2.71. The Balaban J connectivity index is 2.70. The van der Waals surface area contributed by atoms with Gasteiger partial charge in [0.2, 0.25) is 5.78 Å². The number of carbonyl (C=O) groups is 1. The monoisotopic (exact) mass is 208 g/mol. The first-order chi connectivity index (χ1) is 7.04. The number of nitrogens with two attached hydrogens (primary N) is 1. The van der Waals surface area contributed by atoms with Gasteiger partial charge >= 0.3 is 5.97 Å². The molecular formula is C9H12N4O2. The lowest BCUT2D eigenvalue weighted by atomic mass is 10.2. The zero-order valence-corrected chi connectivity index (χ0v) is 8.51. The first kappa shape index (κ1) is 9.72. The summed E-state index contributed by atoms with van der Waals surface area (Å²) in [5.74, 6) is -0.346. The van der Waals surface area contributed by atoms with Crippen LogP contribution in [-0.2, 0) is 11.8 Å². The first-order valence-electron chi connectivity index (χ1n) is 4.50. The van der Waals surface area contributed by atoms with E-state index in [4.69, 9.17) is 10.8 Å². The highest BCUT2D eigenvalue weighted by Crippen LogP contribution is 2.19. The van der Waals surface area contributed by atoms with Gasteiger partial charge in [-0.2, -0.15) is 0 Å². The summed E-state index contributed by atoms with van der Waals surface area (Å²) in [7, 11) is 1.76. The van der Waals surface area contributed by atoms with Gasteiger partial charge in [0.1, 0.15) is 6.04 Å². The topological polar surface area (TPSA) is 85.5 Å². The molecule has 2 heterocycles. The predicted molar refractivity (Wildman–Crippen MR) is 53.5 cm³/mol. The lowest BCUT2D eigenvalue weighted by Crippen LogP contribution is -2.24. The molecule has 0 spiro atoms. The molecule has 0 aliphatic rings. The number of carboxylic acid groups (broad SMARTS) is 1. The Hall–Kier alpha value is -1.82. The molecule has 1 unspecified atom stereocenters. The summed E-state index contributed by atoms with van der Waals surface area (Å²) in [6.07, 6.45) is 3.45. The number of aromatic nitrogens is 3. The highest BCUT2D eigenvalue weighted by atomic mass is 16.4. The van der Waals surface area contributed by atoms with Crippen LogP contribution in [0.5, 0.6) is 0 Å². The lowest BCUT2D eigenvalue weighted by molar-refractivity contribution is -0.138. The largest absolute Gasteiger partial charge is 0.480 e. The minimum Gasteiger partial charge on any atom is -0.480 e. The van der Waals surface area contributed by atoms with Gasteiger partial charge in [0.25, 0.3) is 0 Å². The maximum absolute atomic E-state index is 10.8. The minimum absolute atomic E-state index is 0.575. The molecule has 0 aliphatic heterocycles. The Labute approximate surface area is 85.9 Å². The number of rotatable bonds is 2. The molecule has 0 amide bonds. The van der Waals surface area contributed by atoms with Crippen LogP contribution in [0.1, 0.15) is 17.4 Å². The van der Waals surface area contributed by atoms with Crippen molar-refractivity contribution in [1.82, 2.24) is 14.0 Å². The van der Waals surface area contributed by atoms with Gasteiger partial charge in [-0.1, -0.05) is 0 Å². The van der Waals surface area contributed by atoms with Crippen LogP contribution < -0.4 is 5.73 Å². The van der Waals surface area contributed by atoms with Crippen LogP contribution in [0.3, 0.4) is 0 Å². The van der Waals surface area contributed by atoms with Gasteiger partial charge in [0.15, 0.2) is 0 Å². The van der Waals surface area contributed by atoms with E-state index in [1.54, 1.807) is 24.0 Å². The Bertz CT molecular complexity index is 491. The fourth-order valence-electron chi connectivity index (χ4n) is 1.83. The number of nitrogens with zero attached hydrogens (tertiary/aromatic N) is 3. The van der Waals surface area contributed by atoms with Gasteiger partial charge < -0.3 is 15.4 Å². The van der Waals surface area contributed by atoms with Gasteiger partial charge in [-0.05, 0) is 6.92 Å². The number of fused-ring (bicyclic) bond motifs is 1. The third-order valence-electron chi connectivity index (χ3n) is 2.58. The average molecular weight is 208 g/mol. The molecule has 0 bridgehead atoms. The molecular weight excluding hydrogens is 196 g/mol. The predicted octanol–water partition coefficient (Wildman–Crippen LogP) is 0.0656. The third kappa shape index (κ3) is 1.22. The normalized spacial score (nSPS) is 13.3. The van der Waals surface area contributed by atoms with Crippen molar-refractivity contribution in [1.29, 1.82) is 0 Å². The fraction of sp³-hybridized carbons (Fsp3) is 0.333. The molecule has 15 heavy (non-hydrogen) atoms. The van der Waals surface area contributed by atoms with Gasteiger partial charge in [0.05, 0.1) is 5.69 Å². The molecule has 0 fully saturated rings. The van der Waals surface area contributed by atoms with E-state index in [0.29, 0.717) is 11.5 Å². The van der Waals surface area contributed by atoms with E-state index in [-0.39, 0.29) is 0 Å². The van der Waals surface area contributed by atoms with Crippen molar-refractivity contribution >= 4 is 11.7 Å². The molecule has 6 nitrogen and oxygen atoms in total. The summed E-state index contributed by atoms with van der Waals surface area (Å²) >= 11 is 0. The summed E-state index contributed by atoms with van der Waals surface area (Å²) in [5, 5.41) is 8.88. The SMILES string of the molecule is Cc1c(C(N)C(=O)O)n(C)c2nccn12. The Morgan fingerprint density at radius 3 is 2.87 bits per heavy atom. The summed E-state index contributed by atoms with van der Waals surface area (Å²) in [4.78, 5) is 15.0. The number of imidazole rings is 2. The number of aryl methyl sites for hydroxylation is 2. The van der Waals surface area contributed by atoms with E-state index in [1.165, 1.54) is 0 Å². The molecule has 6 heteroatoms. The molecule has 0 aliphatic carbocycles. The van der Waals surface area contributed by atoms with Crippen molar-refractivity contribution in [3.63, 3.8) is 0 Å².